The number of fused-ring (bicyclic) bond motifs is 1. The van der Waals surface area contributed by atoms with E-state index >= 15 is 0 Å². The second kappa shape index (κ2) is 7.38. The van der Waals surface area contributed by atoms with Crippen molar-refractivity contribution in [2.45, 2.75) is 12.3 Å². The van der Waals surface area contributed by atoms with E-state index in [2.05, 4.69) is 77.7 Å². The van der Waals surface area contributed by atoms with E-state index in [0.29, 0.717) is 11.8 Å². The number of benzene rings is 3. The minimum atomic E-state index is 0.569. The second-order valence-electron chi connectivity index (χ2n) is 7.20. The molecule has 0 unspecified atom stereocenters. The van der Waals surface area contributed by atoms with E-state index in [0.717, 1.165) is 32.6 Å². The molecular weight excluding hydrogens is 304 g/mol. The van der Waals surface area contributed by atoms with E-state index in [-0.39, 0.29) is 0 Å². The van der Waals surface area contributed by atoms with Crippen LogP contribution in [0.15, 0.2) is 72.8 Å². The van der Waals surface area contributed by atoms with Gasteiger partial charge in [-0.15, -0.1) is 0 Å². The van der Waals surface area contributed by atoms with E-state index in [1.165, 1.54) is 21.9 Å². The van der Waals surface area contributed by atoms with Crippen molar-refractivity contribution in [1.82, 2.24) is 4.90 Å². The Morgan fingerprint density at radius 3 is 2.40 bits per heavy atom. The first-order chi connectivity index (χ1) is 12.3. The number of nitrogens with zero attached hydrogens (tertiary/aromatic N) is 1. The lowest BCUT2D eigenvalue weighted by Crippen LogP contribution is -2.25. The molecule has 0 saturated carbocycles. The topological polar surface area (TPSA) is 29.3 Å². The number of hydrogen-bond donors (Lipinski definition) is 1. The Morgan fingerprint density at radius 1 is 0.840 bits per heavy atom. The van der Waals surface area contributed by atoms with Gasteiger partial charge in [0.05, 0.1) is 0 Å². The molecule has 128 valence electrons. The number of likely N-dealkylation sites (tertiary alicyclic amines) is 1. The van der Waals surface area contributed by atoms with Gasteiger partial charge in [-0.2, -0.15) is 0 Å². The summed E-state index contributed by atoms with van der Waals surface area (Å²) in [6.45, 7) is 4.12. The zero-order valence-electron chi connectivity index (χ0n) is 14.6. The molecule has 2 atom stereocenters. The molecule has 0 aromatic heterocycles. The molecule has 2 heteroatoms. The molecule has 0 bridgehead atoms. The van der Waals surface area contributed by atoms with Crippen molar-refractivity contribution >= 4 is 10.8 Å². The molecule has 3 aromatic carbocycles. The smallest absolute Gasteiger partial charge is 0.00542 e. The summed E-state index contributed by atoms with van der Waals surface area (Å²) < 4.78 is 0. The van der Waals surface area contributed by atoms with Gasteiger partial charge in [0.25, 0.3) is 0 Å². The summed E-state index contributed by atoms with van der Waals surface area (Å²) in [5.41, 5.74) is 8.93. The van der Waals surface area contributed by atoms with Crippen LogP contribution in [0.3, 0.4) is 0 Å². The Bertz CT molecular complexity index is 828. The number of hydrogen-bond acceptors (Lipinski definition) is 2. The van der Waals surface area contributed by atoms with Crippen molar-refractivity contribution < 1.29 is 0 Å². The molecular formula is C23H26N2. The van der Waals surface area contributed by atoms with Crippen LogP contribution in [0, 0.1) is 5.92 Å². The fraction of sp³-hybridized carbons (Fsp3) is 0.304. The Hall–Kier alpha value is -2.16. The van der Waals surface area contributed by atoms with Crippen molar-refractivity contribution in [3.05, 3.63) is 83.9 Å². The van der Waals surface area contributed by atoms with Crippen LogP contribution < -0.4 is 5.73 Å². The molecule has 0 aliphatic carbocycles. The Morgan fingerprint density at radius 2 is 1.60 bits per heavy atom. The van der Waals surface area contributed by atoms with Gasteiger partial charge >= 0.3 is 0 Å². The third-order valence-corrected chi connectivity index (χ3v) is 5.58. The molecule has 1 heterocycles. The van der Waals surface area contributed by atoms with Crippen molar-refractivity contribution in [3.8, 4) is 0 Å². The quantitative estimate of drug-likeness (QED) is 0.764. The molecule has 2 N–H and O–H groups in total. The van der Waals surface area contributed by atoms with Gasteiger partial charge in [0.1, 0.15) is 0 Å². The van der Waals surface area contributed by atoms with Gasteiger partial charge in [-0.3, -0.25) is 0 Å². The van der Waals surface area contributed by atoms with Crippen LogP contribution in [0.4, 0.5) is 0 Å². The average Bonchev–Trinajstić information content (AvgIpc) is 3.10. The summed E-state index contributed by atoms with van der Waals surface area (Å²) in [5.74, 6) is 1.14. The van der Waals surface area contributed by atoms with Gasteiger partial charge in [-0.05, 0) is 40.8 Å². The highest BCUT2D eigenvalue weighted by molar-refractivity contribution is 5.82. The molecule has 4 rings (SSSR count). The molecule has 0 spiro atoms. The van der Waals surface area contributed by atoms with Gasteiger partial charge in [0, 0.05) is 25.6 Å². The molecule has 1 saturated heterocycles. The summed E-state index contributed by atoms with van der Waals surface area (Å²) in [7, 11) is 0. The van der Waals surface area contributed by atoms with Crippen molar-refractivity contribution in [2.24, 2.45) is 11.7 Å². The predicted molar refractivity (Wildman–Crippen MR) is 106 cm³/mol. The van der Waals surface area contributed by atoms with E-state index in [4.69, 9.17) is 5.73 Å². The van der Waals surface area contributed by atoms with Crippen LogP contribution in [0.5, 0.6) is 0 Å². The largest absolute Gasteiger partial charge is 0.330 e. The summed E-state index contributed by atoms with van der Waals surface area (Å²) in [5, 5.41) is 2.66. The van der Waals surface area contributed by atoms with Gasteiger partial charge in [-0.1, -0.05) is 72.8 Å². The second-order valence-corrected chi connectivity index (χ2v) is 7.20. The molecule has 1 fully saturated rings. The van der Waals surface area contributed by atoms with E-state index in [1.54, 1.807) is 0 Å². The highest BCUT2D eigenvalue weighted by Crippen LogP contribution is 2.32. The number of rotatable bonds is 5. The summed E-state index contributed by atoms with van der Waals surface area (Å²) >= 11 is 0. The minimum Gasteiger partial charge on any atom is -0.330 e. The Labute approximate surface area is 150 Å². The van der Waals surface area contributed by atoms with Crippen LogP contribution in [0.25, 0.3) is 10.8 Å². The van der Waals surface area contributed by atoms with Crippen LogP contribution in [-0.4, -0.2) is 31.1 Å². The van der Waals surface area contributed by atoms with Gasteiger partial charge in [0.15, 0.2) is 0 Å². The lowest BCUT2D eigenvalue weighted by atomic mass is 9.89. The highest BCUT2D eigenvalue weighted by Gasteiger charge is 2.32. The fourth-order valence-electron chi connectivity index (χ4n) is 4.14. The maximum absolute atomic E-state index is 6.07. The maximum atomic E-state index is 6.07. The maximum Gasteiger partial charge on any atom is 0.00542 e. The first-order valence-corrected chi connectivity index (χ1v) is 9.28. The average molecular weight is 330 g/mol. The zero-order valence-corrected chi connectivity index (χ0v) is 14.6. The molecule has 1 aliphatic heterocycles. The first kappa shape index (κ1) is 16.3. The van der Waals surface area contributed by atoms with Gasteiger partial charge in [0.2, 0.25) is 0 Å². The lowest BCUT2D eigenvalue weighted by Gasteiger charge is -2.17. The Kier molecular flexibility index (Phi) is 4.82. The third kappa shape index (κ3) is 3.60. The van der Waals surface area contributed by atoms with Crippen molar-refractivity contribution in [1.29, 1.82) is 0 Å². The van der Waals surface area contributed by atoms with E-state index in [9.17, 15) is 0 Å². The minimum absolute atomic E-state index is 0.569. The monoisotopic (exact) mass is 330 g/mol. The zero-order chi connectivity index (χ0) is 17.1. The van der Waals surface area contributed by atoms with Gasteiger partial charge in [-0.25, -0.2) is 0 Å². The summed E-state index contributed by atoms with van der Waals surface area (Å²) in [4.78, 5) is 2.59. The Balaban J connectivity index is 1.42. The summed E-state index contributed by atoms with van der Waals surface area (Å²) in [6, 6.07) is 26.3. The molecule has 1 aliphatic rings. The van der Waals surface area contributed by atoms with Crippen LogP contribution in [0.2, 0.25) is 0 Å². The fourth-order valence-corrected chi connectivity index (χ4v) is 4.14. The molecule has 25 heavy (non-hydrogen) atoms. The van der Waals surface area contributed by atoms with Crippen molar-refractivity contribution in [2.75, 3.05) is 26.2 Å². The SMILES string of the molecule is NC[C@@H]1CN(CCc2ccc3ccccc3c2)C[C@H]1c1ccccc1. The van der Waals surface area contributed by atoms with Crippen LogP contribution in [0.1, 0.15) is 17.0 Å². The van der Waals surface area contributed by atoms with Crippen LogP contribution in [-0.2, 0) is 6.42 Å². The first-order valence-electron chi connectivity index (χ1n) is 9.28. The predicted octanol–water partition coefficient (Wildman–Crippen LogP) is 4.06. The molecule has 2 nitrogen and oxygen atoms in total. The third-order valence-electron chi connectivity index (χ3n) is 5.58. The van der Waals surface area contributed by atoms with E-state index < -0.39 is 0 Å². The summed E-state index contributed by atoms with van der Waals surface area (Å²) in [6.07, 6.45) is 1.10. The van der Waals surface area contributed by atoms with Crippen molar-refractivity contribution in [3.63, 3.8) is 0 Å². The molecule has 0 radical (unpaired) electrons. The lowest BCUT2D eigenvalue weighted by molar-refractivity contribution is 0.329. The van der Waals surface area contributed by atoms with Gasteiger partial charge < -0.3 is 10.6 Å². The normalized spacial score (nSPS) is 21.0. The highest BCUT2D eigenvalue weighted by atomic mass is 15.2. The molecule has 3 aromatic rings. The standard InChI is InChI=1S/C23H26N2/c24-15-22-16-25(17-23(22)20-7-2-1-3-8-20)13-12-18-10-11-19-6-4-5-9-21(19)14-18/h1-11,14,22-23H,12-13,15-17,24H2/t22-,23+/m1/s1. The molecule has 0 amide bonds. The number of nitrogens with two attached hydrogens (primary N) is 1. The van der Waals surface area contributed by atoms with Crippen LogP contribution >= 0.6 is 0 Å². The van der Waals surface area contributed by atoms with E-state index in [1.807, 2.05) is 0 Å².